The van der Waals surface area contributed by atoms with Crippen LogP contribution < -0.4 is 11.1 Å². The molecule has 1 amide bonds. The largest absolute Gasteiger partial charge is 0.352 e. The fraction of sp³-hybridized carbons (Fsp3) is 0.611. The first-order valence-corrected chi connectivity index (χ1v) is 8.29. The maximum absolute atomic E-state index is 12.2. The van der Waals surface area contributed by atoms with E-state index in [4.69, 9.17) is 5.73 Å². The zero-order valence-electron chi connectivity index (χ0n) is 13.1. The molecule has 0 spiro atoms. The van der Waals surface area contributed by atoms with Gasteiger partial charge in [-0.3, -0.25) is 4.79 Å². The fourth-order valence-corrected chi connectivity index (χ4v) is 3.27. The van der Waals surface area contributed by atoms with Crippen molar-refractivity contribution in [1.82, 2.24) is 5.32 Å². The second kappa shape index (κ2) is 8.18. The summed E-state index contributed by atoms with van der Waals surface area (Å²) in [5.41, 5.74) is 7.15. The lowest BCUT2D eigenvalue weighted by molar-refractivity contribution is -0.123. The third kappa shape index (κ3) is 5.16. The van der Waals surface area contributed by atoms with Crippen molar-refractivity contribution >= 4 is 5.91 Å². The summed E-state index contributed by atoms with van der Waals surface area (Å²) in [6.45, 7) is 2.25. The molecule has 0 heterocycles. The second-order valence-electron chi connectivity index (χ2n) is 6.31. The lowest BCUT2D eigenvalue weighted by Crippen LogP contribution is -2.47. The van der Waals surface area contributed by atoms with Crippen molar-refractivity contribution in [2.24, 2.45) is 11.7 Å². The molecule has 0 aromatic heterocycles. The summed E-state index contributed by atoms with van der Waals surface area (Å²) in [6.07, 6.45) is 7.90. The van der Waals surface area contributed by atoms with E-state index in [-0.39, 0.29) is 5.91 Å². The smallest absolute Gasteiger partial charge is 0.237 e. The Morgan fingerprint density at radius 2 is 1.90 bits per heavy atom. The van der Waals surface area contributed by atoms with Crippen molar-refractivity contribution in [2.75, 3.05) is 0 Å². The van der Waals surface area contributed by atoms with Crippen LogP contribution in [0.25, 0.3) is 0 Å². The first-order chi connectivity index (χ1) is 10.2. The monoisotopic (exact) mass is 288 g/mol. The van der Waals surface area contributed by atoms with Crippen molar-refractivity contribution < 1.29 is 4.79 Å². The average Bonchev–Trinajstić information content (AvgIpc) is 2.50. The second-order valence-corrected chi connectivity index (χ2v) is 6.31. The third-order valence-corrected chi connectivity index (χ3v) is 4.53. The summed E-state index contributed by atoms with van der Waals surface area (Å²) < 4.78 is 0. The number of hydrogen-bond donors (Lipinski definition) is 2. The molecule has 0 aliphatic heterocycles. The number of nitrogens with two attached hydrogens (primary N) is 1. The Morgan fingerprint density at radius 1 is 1.24 bits per heavy atom. The van der Waals surface area contributed by atoms with E-state index >= 15 is 0 Å². The standard InChI is InChI=1S/C18H28N2O/c1-2-6-14-9-11-16(12-10-14)20-18(21)17(19)13-15-7-4-3-5-8-15/h3-5,7-8,14,16-17H,2,6,9-13,19H2,1H3,(H,20,21). The lowest BCUT2D eigenvalue weighted by Gasteiger charge is -2.29. The van der Waals surface area contributed by atoms with E-state index < -0.39 is 6.04 Å². The molecule has 1 unspecified atom stereocenters. The van der Waals surface area contributed by atoms with Gasteiger partial charge in [-0.25, -0.2) is 0 Å². The number of carbonyl (C=O) groups excluding carboxylic acids is 1. The van der Waals surface area contributed by atoms with Gasteiger partial charge in [0.05, 0.1) is 6.04 Å². The summed E-state index contributed by atoms with van der Waals surface area (Å²) in [7, 11) is 0. The van der Waals surface area contributed by atoms with E-state index in [1.165, 1.54) is 25.7 Å². The molecule has 1 aromatic carbocycles. The molecule has 1 aliphatic rings. The van der Waals surface area contributed by atoms with Crippen LogP contribution in [0, 0.1) is 5.92 Å². The predicted molar refractivity (Wildman–Crippen MR) is 86.9 cm³/mol. The van der Waals surface area contributed by atoms with Crippen molar-refractivity contribution in [1.29, 1.82) is 0 Å². The molecule has 3 N–H and O–H groups in total. The van der Waals surface area contributed by atoms with Gasteiger partial charge in [0.15, 0.2) is 0 Å². The highest BCUT2D eigenvalue weighted by Gasteiger charge is 2.23. The van der Waals surface area contributed by atoms with E-state index in [1.807, 2.05) is 30.3 Å². The van der Waals surface area contributed by atoms with Crippen LogP contribution in [0.15, 0.2) is 30.3 Å². The van der Waals surface area contributed by atoms with Crippen molar-refractivity contribution in [3.05, 3.63) is 35.9 Å². The first kappa shape index (κ1) is 16.0. The molecule has 116 valence electrons. The van der Waals surface area contributed by atoms with Crippen molar-refractivity contribution in [3.63, 3.8) is 0 Å². The molecule has 1 fully saturated rings. The normalized spacial score (nSPS) is 23.5. The van der Waals surface area contributed by atoms with Gasteiger partial charge in [0, 0.05) is 6.04 Å². The van der Waals surface area contributed by atoms with Gasteiger partial charge in [0.2, 0.25) is 5.91 Å². The third-order valence-electron chi connectivity index (χ3n) is 4.53. The highest BCUT2D eigenvalue weighted by atomic mass is 16.2. The van der Waals surface area contributed by atoms with E-state index in [0.717, 1.165) is 24.3 Å². The van der Waals surface area contributed by atoms with Gasteiger partial charge in [-0.15, -0.1) is 0 Å². The number of nitrogens with one attached hydrogen (secondary N) is 1. The molecule has 0 saturated heterocycles. The van der Waals surface area contributed by atoms with Crippen LogP contribution in [0.1, 0.15) is 51.0 Å². The Bertz CT molecular complexity index is 424. The van der Waals surface area contributed by atoms with Gasteiger partial charge >= 0.3 is 0 Å². The highest BCUT2D eigenvalue weighted by molar-refractivity contribution is 5.82. The van der Waals surface area contributed by atoms with Crippen molar-refractivity contribution in [2.45, 2.75) is 64.0 Å². The number of carbonyl (C=O) groups is 1. The van der Waals surface area contributed by atoms with Crippen LogP contribution in [-0.2, 0) is 11.2 Å². The molecule has 1 aliphatic carbocycles. The molecule has 0 radical (unpaired) electrons. The quantitative estimate of drug-likeness (QED) is 0.845. The Balaban J connectivity index is 1.74. The zero-order chi connectivity index (χ0) is 15.1. The maximum Gasteiger partial charge on any atom is 0.237 e. The Hall–Kier alpha value is -1.35. The molecule has 2 rings (SSSR count). The fourth-order valence-electron chi connectivity index (χ4n) is 3.27. The molecule has 1 aromatic rings. The Labute approximate surface area is 128 Å². The number of benzene rings is 1. The minimum absolute atomic E-state index is 0.00204. The van der Waals surface area contributed by atoms with Crippen LogP contribution in [-0.4, -0.2) is 18.0 Å². The molecule has 3 nitrogen and oxygen atoms in total. The number of hydrogen-bond acceptors (Lipinski definition) is 2. The molecule has 3 heteroatoms. The zero-order valence-corrected chi connectivity index (χ0v) is 13.1. The molecule has 21 heavy (non-hydrogen) atoms. The first-order valence-electron chi connectivity index (χ1n) is 8.29. The van der Waals surface area contributed by atoms with E-state index in [9.17, 15) is 4.79 Å². The van der Waals surface area contributed by atoms with Crippen LogP contribution in [0.2, 0.25) is 0 Å². The van der Waals surface area contributed by atoms with Gasteiger partial charge in [-0.2, -0.15) is 0 Å². The summed E-state index contributed by atoms with van der Waals surface area (Å²) in [5.74, 6) is 0.860. The van der Waals surface area contributed by atoms with Crippen LogP contribution >= 0.6 is 0 Å². The Morgan fingerprint density at radius 3 is 2.52 bits per heavy atom. The maximum atomic E-state index is 12.2. The summed E-state index contributed by atoms with van der Waals surface area (Å²) in [5, 5.41) is 3.14. The Kier molecular flexibility index (Phi) is 6.24. The highest BCUT2D eigenvalue weighted by Crippen LogP contribution is 2.27. The minimum Gasteiger partial charge on any atom is -0.352 e. The van der Waals surface area contributed by atoms with E-state index in [0.29, 0.717) is 12.5 Å². The van der Waals surface area contributed by atoms with Crippen molar-refractivity contribution in [3.8, 4) is 0 Å². The topological polar surface area (TPSA) is 55.1 Å². The van der Waals surface area contributed by atoms with Gasteiger partial charge in [0.1, 0.15) is 0 Å². The molecule has 0 bridgehead atoms. The van der Waals surface area contributed by atoms with Gasteiger partial charge in [-0.05, 0) is 43.6 Å². The van der Waals surface area contributed by atoms with Gasteiger partial charge in [0.25, 0.3) is 0 Å². The number of rotatable bonds is 6. The van der Waals surface area contributed by atoms with Crippen LogP contribution in [0.5, 0.6) is 0 Å². The lowest BCUT2D eigenvalue weighted by atomic mass is 9.83. The summed E-state index contributed by atoms with van der Waals surface area (Å²) in [4.78, 5) is 12.2. The van der Waals surface area contributed by atoms with Gasteiger partial charge < -0.3 is 11.1 Å². The predicted octanol–water partition coefficient (Wildman–Crippen LogP) is 3.03. The average molecular weight is 288 g/mol. The number of amides is 1. The molecular formula is C18H28N2O. The molecule has 1 saturated carbocycles. The summed E-state index contributed by atoms with van der Waals surface area (Å²) >= 11 is 0. The van der Waals surface area contributed by atoms with Gasteiger partial charge in [-0.1, -0.05) is 50.1 Å². The van der Waals surface area contributed by atoms with E-state index in [1.54, 1.807) is 0 Å². The SMILES string of the molecule is CCCC1CCC(NC(=O)C(N)Cc2ccccc2)CC1. The molecular weight excluding hydrogens is 260 g/mol. The minimum atomic E-state index is -0.444. The van der Waals surface area contributed by atoms with Crippen LogP contribution in [0.4, 0.5) is 0 Å². The summed E-state index contributed by atoms with van der Waals surface area (Å²) in [6, 6.07) is 9.85. The molecule has 1 atom stereocenters. The van der Waals surface area contributed by atoms with Crippen LogP contribution in [0.3, 0.4) is 0 Å². The van der Waals surface area contributed by atoms with E-state index in [2.05, 4.69) is 12.2 Å².